The molecule has 6 heteroatoms. The second-order valence-corrected chi connectivity index (χ2v) is 6.27. The Morgan fingerprint density at radius 3 is 2.05 bits per heavy atom. The van der Waals surface area contributed by atoms with Gasteiger partial charge >= 0.3 is 0 Å². The molecule has 21 heavy (non-hydrogen) atoms. The number of aliphatic hydroxyl groups is 1. The van der Waals surface area contributed by atoms with E-state index in [1.807, 2.05) is 48.5 Å². The summed E-state index contributed by atoms with van der Waals surface area (Å²) in [6.45, 7) is 0.502. The zero-order valence-corrected chi connectivity index (χ0v) is 14.3. The minimum absolute atomic E-state index is 0. The van der Waals surface area contributed by atoms with Crippen molar-refractivity contribution in [1.29, 1.82) is 0 Å². The Morgan fingerprint density at radius 1 is 0.952 bits per heavy atom. The standard InChI is InChI=1S/C15H15Cl2NOS.ClH/c16-11-1-5-13(6-2-11)18-9-14(19)10-20-15-7-3-12(17)4-8-15;/h1-8,14,18-19H,9-10H2;1H. The van der Waals surface area contributed by atoms with Crippen LogP contribution >= 0.6 is 47.4 Å². The van der Waals surface area contributed by atoms with Crippen LogP contribution in [0.4, 0.5) is 5.69 Å². The molecule has 0 fully saturated rings. The van der Waals surface area contributed by atoms with E-state index in [0.29, 0.717) is 17.3 Å². The molecule has 1 atom stereocenters. The molecule has 0 spiro atoms. The van der Waals surface area contributed by atoms with Crippen molar-refractivity contribution < 1.29 is 5.11 Å². The number of hydrogen-bond donors (Lipinski definition) is 2. The quantitative estimate of drug-likeness (QED) is 0.709. The summed E-state index contributed by atoms with van der Waals surface area (Å²) in [6.07, 6.45) is -0.425. The van der Waals surface area contributed by atoms with Crippen LogP contribution in [0.3, 0.4) is 0 Å². The Balaban J connectivity index is 0.00000220. The van der Waals surface area contributed by atoms with E-state index < -0.39 is 6.10 Å². The minimum Gasteiger partial charge on any atom is -0.390 e. The molecule has 0 aromatic heterocycles. The van der Waals surface area contributed by atoms with Crippen LogP contribution < -0.4 is 5.32 Å². The SMILES string of the molecule is Cl.OC(CNc1ccc(Cl)cc1)CSc1ccc(Cl)cc1. The summed E-state index contributed by atoms with van der Waals surface area (Å²) in [5.41, 5.74) is 0.949. The summed E-state index contributed by atoms with van der Waals surface area (Å²) < 4.78 is 0. The molecule has 0 saturated carbocycles. The molecule has 0 amide bonds. The molecule has 2 N–H and O–H groups in total. The molecule has 0 bridgehead atoms. The van der Waals surface area contributed by atoms with Gasteiger partial charge in [-0.25, -0.2) is 0 Å². The number of nitrogens with one attached hydrogen (secondary N) is 1. The fraction of sp³-hybridized carbons (Fsp3) is 0.200. The van der Waals surface area contributed by atoms with Gasteiger partial charge in [0.1, 0.15) is 0 Å². The third-order valence-corrected chi connectivity index (χ3v) is 4.30. The van der Waals surface area contributed by atoms with E-state index in [2.05, 4.69) is 5.32 Å². The molecule has 2 aromatic carbocycles. The molecule has 2 rings (SSSR count). The Morgan fingerprint density at radius 2 is 1.48 bits per heavy atom. The summed E-state index contributed by atoms with van der Waals surface area (Å²) in [5, 5.41) is 14.5. The molecule has 1 unspecified atom stereocenters. The predicted octanol–water partition coefficient (Wildman–Crippen LogP) is 4.98. The topological polar surface area (TPSA) is 32.3 Å². The Labute approximate surface area is 145 Å². The van der Waals surface area contributed by atoms with Crippen molar-refractivity contribution in [2.45, 2.75) is 11.0 Å². The normalized spacial score (nSPS) is 11.6. The van der Waals surface area contributed by atoms with Crippen LogP contribution in [0.1, 0.15) is 0 Å². The summed E-state index contributed by atoms with van der Waals surface area (Å²) >= 11 is 13.2. The van der Waals surface area contributed by atoms with Crippen LogP contribution in [0.25, 0.3) is 0 Å². The number of aliphatic hydroxyl groups excluding tert-OH is 1. The van der Waals surface area contributed by atoms with Gasteiger partial charge in [-0.3, -0.25) is 0 Å². The van der Waals surface area contributed by atoms with Gasteiger partial charge in [-0.15, -0.1) is 24.2 Å². The summed E-state index contributed by atoms with van der Waals surface area (Å²) in [5.74, 6) is 0.627. The maximum absolute atomic E-state index is 9.95. The van der Waals surface area contributed by atoms with E-state index in [0.717, 1.165) is 15.6 Å². The maximum atomic E-state index is 9.95. The first-order valence-corrected chi connectivity index (χ1v) is 7.93. The van der Waals surface area contributed by atoms with Gasteiger partial charge < -0.3 is 10.4 Å². The molecular formula is C15H16Cl3NOS. The average molecular weight is 365 g/mol. The lowest BCUT2D eigenvalue weighted by Gasteiger charge is -2.12. The van der Waals surface area contributed by atoms with Gasteiger partial charge in [-0.2, -0.15) is 0 Å². The van der Waals surface area contributed by atoms with Crippen molar-refractivity contribution in [2.24, 2.45) is 0 Å². The van der Waals surface area contributed by atoms with E-state index in [9.17, 15) is 5.11 Å². The van der Waals surface area contributed by atoms with Gasteiger partial charge in [0.2, 0.25) is 0 Å². The molecule has 0 heterocycles. The van der Waals surface area contributed by atoms with Crippen LogP contribution in [0.15, 0.2) is 53.4 Å². The molecule has 0 radical (unpaired) electrons. The Kier molecular flexibility index (Phi) is 8.30. The van der Waals surface area contributed by atoms with Crippen molar-refractivity contribution in [1.82, 2.24) is 0 Å². The lowest BCUT2D eigenvalue weighted by Crippen LogP contribution is -2.21. The number of halogens is 3. The van der Waals surface area contributed by atoms with Crippen molar-refractivity contribution in [3.05, 3.63) is 58.6 Å². The minimum atomic E-state index is -0.425. The number of thioether (sulfide) groups is 1. The first kappa shape index (κ1) is 18.5. The molecule has 2 aromatic rings. The number of benzene rings is 2. The molecule has 114 valence electrons. The second-order valence-electron chi connectivity index (χ2n) is 4.31. The van der Waals surface area contributed by atoms with E-state index >= 15 is 0 Å². The summed E-state index contributed by atoms with van der Waals surface area (Å²) in [7, 11) is 0. The van der Waals surface area contributed by atoms with Gasteiger partial charge in [0.15, 0.2) is 0 Å². The van der Waals surface area contributed by atoms with Gasteiger partial charge in [0, 0.05) is 32.9 Å². The zero-order valence-electron chi connectivity index (χ0n) is 11.1. The monoisotopic (exact) mass is 363 g/mol. The maximum Gasteiger partial charge on any atom is 0.0806 e. The summed E-state index contributed by atoms with van der Waals surface area (Å²) in [4.78, 5) is 1.10. The first-order valence-electron chi connectivity index (χ1n) is 6.19. The van der Waals surface area contributed by atoms with Gasteiger partial charge in [-0.05, 0) is 48.5 Å². The molecule has 0 aliphatic rings. The highest BCUT2D eigenvalue weighted by Gasteiger charge is 2.05. The first-order chi connectivity index (χ1) is 9.63. The van der Waals surface area contributed by atoms with E-state index in [-0.39, 0.29) is 12.4 Å². The average Bonchev–Trinajstić information content (AvgIpc) is 2.46. The molecule has 2 nitrogen and oxygen atoms in total. The fourth-order valence-corrected chi connectivity index (χ4v) is 2.67. The van der Waals surface area contributed by atoms with Crippen molar-refractivity contribution in [3.63, 3.8) is 0 Å². The lowest BCUT2D eigenvalue weighted by atomic mass is 10.3. The zero-order chi connectivity index (χ0) is 14.4. The van der Waals surface area contributed by atoms with Crippen LogP contribution in [-0.4, -0.2) is 23.5 Å². The van der Waals surface area contributed by atoms with Crippen LogP contribution in [-0.2, 0) is 0 Å². The highest BCUT2D eigenvalue weighted by atomic mass is 35.5. The van der Waals surface area contributed by atoms with Crippen LogP contribution in [0.5, 0.6) is 0 Å². The number of rotatable bonds is 6. The fourth-order valence-electron chi connectivity index (χ4n) is 1.59. The molecule has 0 saturated heterocycles. The number of hydrogen-bond acceptors (Lipinski definition) is 3. The highest BCUT2D eigenvalue weighted by Crippen LogP contribution is 2.21. The number of anilines is 1. The van der Waals surface area contributed by atoms with E-state index in [1.54, 1.807) is 11.8 Å². The lowest BCUT2D eigenvalue weighted by molar-refractivity contribution is 0.213. The smallest absolute Gasteiger partial charge is 0.0806 e. The molecule has 0 aliphatic heterocycles. The second kappa shape index (κ2) is 9.44. The van der Waals surface area contributed by atoms with Crippen molar-refractivity contribution in [3.8, 4) is 0 Å². The molecule has 0 aliphatic carbocycles. The van der Waals surface area contributed by atoms with E-state index in [4.69, 9.17) is 23.2 Å². The van der Waals surface area contributed by atoms with E-state index in [1.165, 1.54) is 0 Å². The Bertz CT molecular complexity index is 484. The van der Waals surface area contributed by atoms with Crippen LogP contribution in [0.2, 0.25) is 10.0 Å². The van der Waals surface area contributed by atoms with Crippen molar-refractivity contribution >= 4 is 53.1 Å². The van der Waals surface area contributed by atoms with Gasteiger partial charge in [0.25, 0.3) is 0 Å². The largest absolute Gasteiger partial charge is 0.390 e. The third kappa shape index (κ3) is 6.81. The van der Waals surface area contributed by atoms with Gasteiger partial charge in [-0.1, -0.05) is 23.2 Å². The van der Waals surface area contributed by atoms with Crippen molar-refractivity contribution in [2.75, 3.05) is 17.6 Å². The summed E-state index contributed by atoms with van der Waals surface area (Å²) in [6, 6.07) is 15.0. The molecular weight excluding hydrogens is 349 g/mol. The third-order valence-electron chi connectivity index (χ3n) is 2.64. The van der Waals surface area contributed by atoms with Crippen LogP contribution in [0, 0.1) is 0 Å². The Hall–Kier alpha value is -0.580. The highest BCUT2D eigenvalue weighted by molar-refractivity contribution is 7.99. The van der Waals surface area contributed by atoms with Gasteiger partial charge in [0.05, 0.1) is 6.10 Å². The predicted molar refractivity (Wildman–Crippen MR) is 95.4 cm³/mol.